The quantitative estimate of drug-likeness (QED) is 0.873. The lowest BCUT2D eigenvalue weighted by atomic mass is 9.77. The minimum Gasteiger partial charge on any atom is -0.481 e. The molecule has 2 heterocycles. The summed E-state index contributed by atoms with van der Waals surface area (Å²) in [4.78, 5) is 26.8. The van der Waals surface area contributed by atoms with E-state index < -0.39 is 11.4 Å². The number of hydrogen-bond acceptors (Lipinski definition) is 4. The minimum absolute atomic E-state index is 0.0141. The smallest absolute Gasteiger partial charge is 0.311 e. The number of thiophene rings is 1. The van der Waals surface area contributed by atoms with Crippen molar-refractivity contribution in [3.8, 4) is 0 Å². The van der Waals surface area contributed by atoms with Crippen LogP contribution in [0.2, 0.25) is 0 Å². The van der Waals surface area contributed by atoms with Gasteiger partial charge in [0, 0.05) is 31.7 Å². The summed E-state index contributed by atoms with van der Waals surface area (Å²) in [6.45, 7) is 1.33. The van der Waals surface area contributed by atoms with Gasteiger partial charge >= 0.3 is 5.97 Å². The Labute approximate surface area is 128 Å². The van der Waals surface area contributed by atoms with Gasteiger partial charge in [-0.15, -0.1) is 11.3 Å². The summed E-state index contributed by atoms with van der Waals surface area (Å²) < 4.78 is 5.04. The number of methoxy groups -OCH3 is 1. The van der Waals surface area contributed by atoms with Gasteiger partial charge in [0.05, 0.1) is 11.8 Å². The molecule has 1 fully saturated rings. The predicted molar refractivity (Wildman–Crippen MR) is 80.4 cm³/mol. The fraction of sp³-hybridized carbons (Fsp3) is 0.600. The number of piperidine rings is 1. The second kappa shape index (κ2) is 7.04. The molecular weight excluding hydrogens is 290 g/mol. The van der Waals surface area contributed by atoms with E-state index in [1.807, 2.05) is 17.5 Å². The van der Waals surface area contributed by atoms with Crippen molar-refractivity contribution >= 4 is 23.2 Å². The van der Waals surface area contributed by atoms with Gasteiger partial charge in [-0.05, 0) is 30.7 Å². The molecule has 1 saturated heterocycles. The molecule has 0 unspecified atom stereocenters. The molecule has 1 aliphatic heterocycles. The summed E-state index contributed by atoms with van der Waals surface area (Å²) in [7, 11) is 1.57. The maximum Gasteiger partial charge on any atom is 0.311 e. The maximum atomic E-state index is 12.4. The Morgan fingerprint density at radius 1 is 1.52 bits per heavy atom. The Hall–Kier alpha value is -1.40. The lowest BCUT2D eigenvalue weighted by molar-refractivity contribution is -0.156. The molecule has 1 atom stereocenters. The molecule has 5 nitrogen and oxygen atoms in total. The van der Waals surface area contributed by atoms with Crippen LogP contribution in [0.5, 0.6) is 0 Å². The monoisotopic (exact) mass is 311 g/mol. The van der Waals surface area contributed by atoms with Crippen LogP contribution >= 0.6 is 11.3 Å². The van der Waals surface area contributed by atoms with Crippen LogP contribution in [-0.4, -0.2) is 48.7 Å². The largest absolute Gasteiger partial charge is 0.481 e. The van der Waals surface area contributed by atoms with E-state index in [2.05, 4.69) is 0 Å². The van der Waals surface area contributed by atoms with Crippen molar-refractivity contribution in [2.45, 2.75) is 25.7 Å². The van der Waals surface area contributed by atoms with Crippen molar-refractivity contribution in [3.05, 3.63) is 22.4 Å². The molecular formula is C15H21NO4S. The van der Waals surface area contributed by atoms with Gasteiger partial charge in [0.2, 0.25) is 5.91 Å². The zero-order valence-corrected chi connectivity index (χ0v) is 13.0. The van der Waals surface area contributed by atoms with Crippen molar-refractivity contribution in [3.63, 3.8) is 0 Å². The first-order chi connectivity index (χ1) is 10.1. The molecule has 1 aromatic rings. The SMILES string of the molecule is COCC[C@@]1(C(=O)O)CCCN(C(=O)Cc2cccs2)C1. The number of likely N-dealkylation sites (tertiary alicyclic amines) is 1. The van der Waals surface area contributed by atoms with Gasteiger partial charge in [0.15, 0.2) is 0 Å². The molecule has 1 amide bonds. The van der Waals surface area contributed by atoms with Crippen molar-refractivity contribution in [2.75, 3.05) is 26.8 Å². The Kier molecular flexibility index (Phi) is 5.36. The minimum atomic E-state index is -0.862. The number of aliphatic carboxylic acids is 1. The van der Waals surface area contributed by atoms with Crippen molar-refractivity contribution < 1.29 is 19.4 Å². The van der Waals surface area contributed by atoms with Gasteiger partial charge in [0.25, 0.3) is 0 Å². The number of carbonyl (C=O) groups is 2. The average molecular weight is 311 g/mol. The first kappa shape index (κ1) is 16.0. The third-order valence-corrected chi connectivity index (χ3v) is 4.95. The molecule has 0 bridgehead atoms. The third-order valence-electron chi connectivity index (χ3n) is 4.07. The number of carbonyl (C=O) groups excluding carboxylic acids is 1. The molecule has 0 saturated carbocycles. The van der Waals surface area contributed by atoms with Gasteiger partial charge in [-0.2, -0.15) is 0 Å². The van der Waals surface area contributed by atoms with Gasteiger partial charge in [-0.25, -0.2) is 0 Å². The number of nitrogens with zero attached hydrogens (tertiary/aromatic N) is 1. The van der Waals surface area contributed by atoms with Gasteiger partial charge in [-0.3, -0.25) is 9.59 Å². The lowest BCUT2D eigenvalue weighted by Gasteiger charge is -2.40. The number of amides is 1. The summed E-state index contributed by atoms with van der Waals surface area (Å²) in [5.74, 6) is -0.812. The van der Waals surface area contributed by atoms with Crippen LogP contribution in [0.1, 0.15) is 24.1 Å². The molecule has 1 N–H and O–H groups in total. The van der Waals surface area contributed by atoms with Crippen LogP contribution in [0.3, 0.4) is 0 Å². The Balaban J connectivity index is 2.04. The molecule has 0 radical (unpaired) electrons. The number of carboxylic acid groups (broad SMARTS) is 1. The fourth-order valence-electron chi connectivity index (χ4n) is 2.80. The van der Waals surface area contributed by atoms with E-state index in [0.717, 1.165) is 11.3 Å². The van der Waals surface area contributed by atoms with Gasteiger partial charge in [-0.1, -0.05) is 6.07 Å². The van der Waals surface area contributed by atoms with E-state index in [4.69, 9.17) is 4.74 Å². The summed E-state index contributed by atoms with van der Waals surface area (Å²) in [5.41, 5.74) is -0.862. The Morgan fingerprint density at radius 3 is 2.95 bits per heavy atom. The van der Waals surface area contributed by atoms with Crippen LogP contribution in [0.15, 0.2) is 17.5 Å². The molecule has 2 rings (SSSR count). The molecule has 0 spiro atoms. The standard InChI is InChI=1S/C15H21NO4S/c1-20-8-6-15(14(18)19)5-3-7-16(11-15)13(17)10-12-4-2-9-21-12/h2,4,9H,3,5-8,10-11H2,1H3,(H,18,19)/t15-/m0/s1. The van der Waals surface area contributed by atoms with Gasteiger partial charge < -0.3 is 14.7 Å². The van der Waals surface area contributed by atoms with E-state index in [-0.39, 0.29) is 12.5 Å². The van der Waals surface area contributed by atoms with E-state index in [0.29, 0.717) is 32.4 Å². The van der Waals surface area contributed by atoms with E-state index in [1.165, 1.54) is 0 Å². The van der Waals surface area contributed by atoms with E-state index in [9.17, 15) is 14.7 Å². The van der Waals surface area contributed by atoms with E-state index in [1.54, 1.807) is 23.3 Å². The molecule has 6 heteroatoms. The number of carboxylic acids is 1. The fourth-order valence-corrected chi connectivity index (χ4v) is 3.50. The van der Waals surface area contributed by atoms with Crippen LogP contribution in [0.25, 0.3) is 0 Å². The highest BCUT2D eigenvalue weighted by atomic mass is 32.1. The maximum absolute atomic E-state index is 12.4. The van der Waals surface area contributed by atoms with Crippen LogP contribution < -0.4 is 0 Å². The zero-order chi connectivity index (χ0) is 15.3. The summed E-state index contributed by atoms with van der Waals surface area (Å²) in [6, 6.07) is 3.85. The Bertz CT molecular complexity index is 488. The number of hydrogen-bond donors (Lipinski definition) is 1. The second-order valence-electron chi connectivity index (χ2n) is 5.50. The van der Waals surface area contributed by atoms with Crippen molar-refractivity contribution in [2.24, 2.45) is 5.41 Å². The molecule has 0 aromatic carbocycles. The van der Waals surface area contributed by atoms with Crippen LogP contribution in [0, 0.1) is 5.41 Å². The molecule has 21 heavy (non-hydrogen) atoms. The number of rotatable bonds is 6. The average Bonchev–Trinajstić information content (AvgIpc) is 2.98. The summed E-state index contributed by atoms with van der Waals surface area (Å²) in [5, 5.41) is 11.5. The lowest BCUT2D eigenvalue weighted by Crippen LogP contribution is -2.50. The molecule has 1 aliphatic rings. The molecule has 116 valence electrons. The molecule has 1 aromatic heterocycles. The van der Waals surface area contributed by atoms with Crippen molar-refractivity contribution in [1.82, 2.24) is 4.90 Å². The topological polar surface area (TPSA) is 66.8 Å². The normalized spacial score (nSPS) is 22.2. The Morgan fingerprint density at radius 2 is 2.33 bits per heavy atom. The first-order valence-corrected chi connectivity index (χ1v) is 7.98. The third kappa shape index (κ3) is 3.83. The highest BCUT2D eigenvalue weighted by Gasteiger charge is 2.43. The molecule has 0 aliphatic carbocycles. The van der Waals surface area contributed by atoms with Crippen LogP contribution in [0.4, 0.5) is 0 Å². The van der Waals surface area contributed by atoms with E-state index >= 15 is 0 Å². The second-order valence-corrected chi connectivity index (χ2v) is 6.54. The highest BCUT2D eigenvalue weighted by molar-refractivity contribution is 7.10. The zero-order valence-electron chi connectivity index (χ0n) is 12.2. The number of ether oxygens (including phenoxy) is 1. The predicted octanol–water partition coefficient (Wildman–Crippen LogP) is 2.02. The van der Waals surface area contributed by atoms with Crippen LogP contribution in [-0.2, 0) is 20.7 Å². The van der Waals surface area contributed by atoms with Gasteiger partial charge in [0.1, 0.15) is 0 Å². The highest BCUT2D eigenvalue weighted by Crippen LogP contribution is 2.34. The summed E-state index contributed by atoms with van der Waals surface area (Å²) >= 11 is 1.55. The van der Waals surface area contributed by atoms with Crippen molar-refractivity contribution in [1.29, 1.82) is 0 Å². The summed E-state index contributed by atoms with van der Waals surface area (Å²) in [6.07, 6.45) is 2.14. The first-order valence-electron chi connectivity index (χ1n) is 7.10.